The van der Waals surface area contributed by atoms with Crippen molar-refractivity contribution in [2.75, 3.05) is 6.54 Å². The van der Waals surface area contributed by atoms with Gasteiger partial charge in [0.15, 0.2) is 24.2 Å². The molecule has 0 aliphatic carbocycles. The fourth-order valence-electron chi connectivity index (χ4n) is 4.70. The third kappa shape index (κ3) is 3.75. The fraction of sp³-hybridized carbons (Fsp3) is 0.0690. The minimum atomic E-state index is -2.49. The highest BCUT2D eigenvalue weighted by Gasteiger charge is 2.56. The van der Waals surface area contributed by atoms with Crippen molar-refractivity contribution in [2.24, 2.45) is 0 Å². The van der Waals surface area contributed by atoms with Crippen molar-refractivity contribution in [1.82, 2.24) is 4.90 Å². The van der Waals surface area contributed by atoms with Crippen molar-refractivity contribution in [3.8, 4) is 0 Å². The van der Waals surface area contributed by atoms with Crippen molar-refractivity contribution < 1.29 is 5.11 Å². The van der Waals surface area contributed by atoms with Crippen LogP contribution in [0.1, 0.15) is 5.56 Å². The monoisotopic (exact) mass is 449 g/mol. The lowest BCUT2D eigenvalue weighted by Crippen LogP contribution is -2.36. The number of aliphatic hydroxyl groups excluding tert-OH is 1. The quantitative estimate of drug-likeness (QED) is 0.396. The normalized spacial score (nSPS) is 14.1. The van der Waals surface area contributed by atoms with Gasteiger partial charge in [-0.15, -0.1) is 0 Å². The van der Waals surface area contributed by atoms with E-state index in [1.54, 1.807) is 0 Å². The molecule has 1 heterocycles. The molecule has 1 aliphatic heterocycles. The smallest absolute Gasteiger partial charge is 0.190 e. The lowest BCUT2D eigenvalue weighted by atomic mass is 10.2. The number of aliphatic hydroxyl groups is 1. The van der Waals surface area contributed by atoms with Crippen molar-refractivity contribution in [3.63, 3.8) is 0 Å². The number of benzene rings is 4. The first kappa shape index (κ1) is 21.2. The molecule has 4 heteroatoms. The molecule has 4 aromatic carbocycles. The summed E-state index contributed by atoms with van der Waals surface area (Å²) >= 11 is 0. The zero-order valence-electron chi connectivity index (χ0n) is 18.3. The van der Waals surface area contributed by atoms with E-state index in [0.29, 0.717) is 24.7 Å². The van der Waals surface area contributed by atoms with E-state index < -0.39 is 7.26 Å². The molecule has 0 atom stereocenters. The largest absolute Gasteiger partial charge is 0.506 e. The lowest BCUT2D eigenvalue weighted by Gasteiger charge is -2.29. The minimum Gasteiger partial charge on any atom is -0.506 e. The zero-order valence-corrected chi connectivity index (χ0v) is 19.2. The third-order valence-electron chi connectivity index (χ3n) is 6.14. The Labute approximate surface area is 195 Å². The van der Waals surface area contributed by atoms with E-state index in [1.165, 1.54) is 0 Å². The second-order valence-electron chi connectivity index (χ2n) is 8.16. The summed E-state index contributed by atoms with van der Waals surface area (Å²) < 4.78 is 0. The van der Waals surface area contributed by atoms with Crippen LogP contribution in [0.25, 0.3) is 0 Å². The first-order valence-electron chi connectivity index (χ1n) is 11.1. The molecule has 0 aromatic heterocycles. The molecule has 0 saturated carbocycles. The van der Waals surface area contributed by atoms with Crippen LogP contribution in [0.5, 0.6) is 0 Å². The molecule has 5 rings (SSSR count). The van der Waals surface area contributed by atoms with E-state index >= 15 is 0 Å². The number of rotatable bonds is 6. The molecule has 0 saturated heterocycles. The van der Waals surface area contributed by atoms with Crippen LogP contribution >= 0.6 is 7.26 Å². The van der Waals surface area contributed by atoms with Crippen LogP contribution in [0.3, 0.4) is 0 Å². The van der Waals surface area contributed by atoms with Gasteiger partial charge in [0.1, 0.15) is 15.9 Å². The van der Waals surface area contributed by atoms with Gasteiger partial charge in [-0.3, -0.25) is 5.41 Å². The summed E-state index contributed by atoms with van der Waals surface area (Å²) in [5.41, 5.74) is 1.12. The average Bonchev–Trinajstić information content (AvgIpc) is 3.15. The van der Waals surface area contributed by atoms with Crippen LogP contribution in [-0.2, 0) is 6.54 Å². The van der Waals surface area contributed by atoms with Gasteiger partial charge in [-0.25, -0.2) is 0 Å². The van der Waals surface area contributed by atoms with Gasteiger partial charge in [-0.1, -0.05) is 84.9 Å². The van der Waals surface area contributed by atoms with Gasteiger partial charge >= 0.3 is 0 Å². The molecule has 0 fully saturated rings. The number of amidine groups is 1. The van der Waals surface area contributed by atoms with E-state index in [2.05, 4.69) is 48.5 Å². The van der Waals surface area contributed by atoms with E-state index in [1.807, 2.05) is 77.7 Å². The van der Waals surface area contributed by atoms with Gasteiger partial charge < -0.3 is 10.0 Å². The minimum absolute atomic E-state index is 0.292. The summed E-state index contributed by atoms with van der Waals surface area (Å²) in [6.45, 7) is 0.933. The fourth-order valence-corrected chi connectivity index (χ4v) is 9.15. The summed E-state index contributed by atoms with van der Waals surface area (Å²) in [5.74, 6) is 0.696. The molecule has 0 bridgehead atoms. The number of nitrogens with one attached hydrogen (secondary N) is 1. The first-order chi connectivity index (χ1) is 16.2. The third-order valence-corrected chi connectivity index (χ3v) is 10.5. The Morgan fingerprint density at radius 3 is 1.45 bits per heavy atom. The standard InChI is InChI=1S/C29H25N2OP/c30-29-28(27(32)22-31(29)21-23-13-5-1-6-14-23)33(24-15-7-2-8-16-24,25-17-9-3-10-18-25)26-19-11-4-12-20-26/h1-20H,21-22H2,(H-,30,32)/p+1. The van der Waals surface area contributed by atoms with Gasteiger partial charge in [0.2, 0.25) is 0 Å². The second kappa shape index (κ2) is 9.05. The van der Waals surface area contributed by atoms with E-state index in [0.717, 1.165) is 26.8 Å². The van der Waals surface area contributed by atoms with Gasteiger partial charge in [0.25, 0.3) is 0 Å². The summed E-state index contributed by atoms with van der Waals surface area (Å²) in [5, 5.41) is 24.9. The van der Waals surface area contributed by atoms with E-state index in [4.69, 9.17) is 0 Å². The van der Waals surface area contributed by atoms with Crippen LogP contribution in [0, 0.1) is 5.41 Å². The Morgan fingerprint density at radius 1 is 0.636 bits per heavy atom. The molecule has 33 heavy (non-hydrogen) atoms. The first-order valence-corrected chi connectivity index (χ1v) is 12.9. The van der Waals surface area contributed by atoms with Crippen LogP contribution < -0.4 is 15.9 Å². The van der Waals surface area contributed by atoms with Gasteiger partial charge in [0.05, 0.1) is 6.54 Å². The van der Waals surface area contributed by atoms with Crippen molar-refractivity contribution >= 4 is 29.0 Å². The summed E-state index contributed by atoms with van der Waals surface area (Å²) in [4.78, 5) is 1.98. The number of hydrogen-bond acceptors (Lipinski definition) is 2. The molecule has 4 aromatic rings. The predicted molar refractivity (Wildman–Crippen MR) is 139 cm³/mol. The Bertz CT molecular complexity index is 1180. The molecule has 3 nitrogen and oxygen atoms in total. The highest BCUT2D eigenvalue weighted by molar-refractivity contribution is 7.99. The summed E-state index contributed by atoms with van der Waals surface area (Å²) in [7, 11) is -2.49. The molecule has 2 N–H and O–H groups in total. The van der Waals surface area contributed by atoms with Crippen molar-refractivity contribution in [1.29, 1.82) is 5.41 Å². The molecule has 0 amide bonds. The maximum Gasteiger partial charge on any atom is 0.190 e. The van der Waals surface area contributed by atoms with Crippen LogP contribution in [0.2, 0.25) is 0 Å². The van der Waals surface area contributed by atoms with E-state index in [9.17, 15) is 10.5 Å². The van der Waals surface area contributed by atoms with Gasteiger partial charge in [-0.05, 0) is 42.0 Å². The molecule has 0 spiro atoms. The second-order valence-corrected chi connectivity index (χ2v) is 11.5. The molecular weight excluding hydrogens is 423 g/mol. The van der Waals surface area contributed by atoms with Crippen LogP contribution in [0.4, 0.5) is 0 Å². The van der Waals surface area contributed by atoms with Crippen molar-refractivity contribution in [2.45, 2.75) is 6.54 Å². The SMILES string of the molecule is N=C1C([P+](c2ccccc2)(c2ccccc2)c2ccccc2)=C(O)CN1Cc1ccccc1. The molecule has 0 unspecified atom stereocenters. The van der Waals surface area contributed by atoms with Crippen LogP contribution in [-0.4, -0.2) is 22.4 Å². The van der Waals surface area contributed by atoms with Crippen LogP contribution in [0.15, 0.2) is 132 Å². The summed E-state index contributed by atoms with van der Waals surface area (Å²) in [6, 6.07) is 41.3. The Balaban J connectivity index is 1.73. The van der Waals surface area contributed by atoms with Gasteiger partial charge in [-0.2, -0.15) is 0 Å². The van der Waals surface area contributed by atoms with E-state index in [-0.39, 0.29) is 0 Å². The molecule has 0 radical (unpaired) electrons. The number of nitrogens with zero attached hydrogens (tertiary/aromatic N) is 1. The lowest BCUT2D eigenvalue weighted by molar-refractivity contribution is 0.346. The summed E-state index contributed by atoms with van der Waals surface area (Å²) in [6.07, 6.45) is 0. The average molecular weight is 450 g/mol. The zero-order chi connectivity index (χ0) is 22.7. The van der Waals surface area contributed by atoms with Crippen molar-refractivity contribution in [3.05, 3.63) is 138 Å². The number of hydrogen-bond donors (Lipinski definition) is 2. The molecule has 162 valence electrons. The predicted octanol–water partition coefficient (Wildman–Crippen LogP) is 5.24. The Hall–Kier alpha value is -3.68. The highest BCUT2D eigenvalue weighted by Crippen LogP contribution is 2.64. The Morgan fingerprint density at radius 2 is 1.03 bits per heavy atom. The topological polar surface area (TPSA) is 47.3 Å². The Kier molecular flexibility index (Phi) is 5.81. The molecule has 1 aliphatic rings. The maximum absolute atomic E-state index is 11.5. The molecular formula is C29H26N2OP+. The highest BCUT2D eigenvalue weighted by atomic mass is 31.2. The van der Waals surface area contributed by atoms with Gasteiger partial charge in [0, 0.05) is 6.54 Å². The maximum atomic E-state index is 11.5.